The molecule has 1 aliphatic heterocycles. The molecule has 0 spiro atoms. The van der Waals surface area contributed by atoms with Crippen molar-refractivity contribution >= 4 is 51.7 Å². The lowest BCUT2D eigenvalue weighted by Crippen LogP contribution is -2.46. The molecule has 0 saturated carbocycles. The van der Waals surface area contributed by atoms with Gasteiger partial charge in [0.05, 0.1) is 37.2 Å². The highest BCUT2D eigenvalue weighted by atomic mass is 32.2. The number of aliphatic imine (C=N–C) groups is 1. The molecule has 1 fully saturated rings. The van der Waals surface area contributed by atoms with Gasteiger partial charge in [-0.15, -0.1) is 11.3 Å². The Morgan fingerprint density at radius 3 is 2.78 bits per heavy atom. The molecule has 32 heavy (non-hydrogen) atoms. The Morgan fingerprint density at radius 1 is 1.38 bits per heavy atom. The van der Waals surface area contributed by atoms with Gasteiger partial charge in [0.15, 0.2) is 9.96 Å². The molecule has 3 N–H and O–H groups in total. The first-order valence-corrected chi connectivity index (χ1v) is 13.1. The number of thiophene rings is 1. The van der Waals surface area contributed by atoms with E-state index in [0.29, 0.717) is 44.2 Å². The molecule has 0 bridgehead atoms. The number of nitrogens with zero attached hydrogens (tertiary/aromatic N) is 4. The second-order valence-corrected chi connectivity index (χ2v) is 10.9. The highest BCUT2D eigenvalue weighted by molar-refractivity contribution is 7.96. The molecule has 0 unspecified atom stereocenters. The molecular formula is C19H28N6O4S3. The van der Waals surface area contributed by atoms with Gasteiger partial charge in [0.1, 0.15) is 11.6 Å². The fourth-order valence-corrected chi connectivity index (χ4v) is 6.17. The Labute approximate surface area is 196 Å². The molecule has 1 aliphatic rings. The molecule has 0 atom stereocenters. The SMILES string of the molecule is C=NSNC(CNc1csc(S(=O)(=O)N2CCN(C)CC2)c1O)=NCc1cc(CC)co1. The molecule has 2 aromatic heterocycles. The lowest BCUT2D eigenvalue weighted by Gasteiger charge is -2.31. The van der Waals surface area contributed by atoms with Crippen molar-refractivity contribution in [2.24, 2.45) is 9.39 Å². The topological polar surface area (TPSA) is 123 Å². The summed E-state index contributed by atoms with van der Waals surface area (Å²) in [6, 6.07) is 1.95. The van der Waals surface area contributed by atoms with Crippen molar-refractivity contribution in [3.8, 4) is 5.75 Å². The average Bonchev–Trinajstić information content (AvgIpc) is 3.40. The van der Waals surface area contributed by atoms with E-state index >= 15 is 0 Å². The predicted octanol–water partition coefficient (Wildman–Crippen LogP) is 2.41. The van der Waals surface area contributed by atoms with E-state index < -0.39 is 10.0 Å². The Balaban J connectivity index is 1.68. The number of anilines is 1. The molecule has 3 heterocycles. The van der Waals surface area contributed by atoms with Crippen molar-refractivity contribution in [2.45, 2.75) is 24.1 Å². The molecule has 1 saturated heterocycles. The molecule has 3 rings (SSSR count). The monoisotopic (exact) mass is 500 g/mol. The van der Waals surface area contributed by atoms with Crippen LogP contribution in [-0.2, 0) is 23.0 Å². The van der Waals surface area contributed by atoms with Gasteiger partial charge in [0, 0.05) is 38.3 Å². The van der Waals surface area contributed by atoms with E-state index in [2.05, 4.69) is 31.0 Å². The van der Waals surface area contributed by atoms with Crippen LogP contribution in [0.15, 0.2) is 35.7 Å². The highest BCUT2D eigenvalue weighted by Gasteiger charge is 2.32. The fraction of sp³-hybridized carbons (Fsp3) is 0.474. The maximum atomic E-state index is 13.0. The summed E-state index contributed by atoms with van der Waals surface area (Å²) in [7, 11) is -1.79. The molecule has 10 nitrogen and oxygen atoms in total. The third kappa shape index (κ3) is 6.04. The first kappa shape index (κ1) is 24.6. The molecule has 0 aliphatic carbocycles. The van der Waals surface area contributed by atoms with Gasteiger partial charge < -0.3 is 19.7 Å². The smallest absolute Gasteiger partial charge is 0.256 e. The van der Waals surface area contributed by atoms with E-state index in [1.54, 1.807) is 11.6 Å². The van der Waals surface area contributed by atoms with E-state index in [0.717, 1.165) is 41.2 Å². The first-order valence-electron chi connectivity index (χ1n) is 10.1. The summed E-state index contributed by atoms with van der Waals surface area (Å²) >= 11 is 2.02. The minimum atomic E-state index is -3.75. The second-order valence-electron chi connectivity index (χ2n) is 7.21. The van der Waals surface area contributed by atoms with Crippen molar-refractivity contribution in [1.29, 1.82) is 0 Å². The van der Waals surface area contributed by atoms with E-state index in [9.17, 15) is 13.5 Å². The number of likely N-dealkylation sites (N-methyl/N-ethyl adjacent to an activating group) is 1. The Morgan fingerprint density at radius 2 is 2.12 bits per heavy atom. The first-order chi connectivity index (χ1) is 15.3. The zero-order valence-electron chi connectivity index (χ0n) is 18.1. The Hall–Kier alpha value is -2.06. The van der Waals surface area contributed by atoms with Crippen LogP contribution in [0.25, 0.3) is 0 Å². The van der Waals surface area contributed by atoms with Gasteiger partial charge in [-0.25, -0.2) is 12.8 Å². The Kier molecular flexibility index (Phi) is 8.59. The minimum absolute atomic E-state index is 0.0548. The molecular weight excluding hydrogens is 472 g/mol. The van der Waals surface area contributed by atoms with Gasteiger partial charge in [0.2, 0.25) is 0 Å². The van der Waals surface area contributed by atoms with Gasteiger partial charge in [-0.1, -0.05) is 6.92 Å². The zero-order valence-corrected chi connectivity index (χ0v) is 20.5. The van der Waals surface area contributed by atoms with Gasteiger partial charge >= 0.3 is 0 Å². The predicted molar refractivity (Wildman–Crippen MR) is 130 cm³/mol. The van der Waals surface area contributed by atoms with Crippen LogP contribution in [0.4, 0.5) is 5.69 Å². The summed E-state index contributed by atoms with van der Waals surface area (Å²) in [5.41, 5.74) is 1.43. The van der Waals surface area contributed by atoms with E-state index in [1.807, 2.05) is 20.0 Å². The van der Waals surface area contributed by atoms with Crippen molar-refractivity contribution < 1.29 is 17.9 Å². The molecule has 176 valence electrons. The van der Waals surface area contributed by atoms with Crippen LogP contribution in [0.1, 0.15) is 18.2 Å². The Bertz CT molecular complexity index is 1040. The summed E-state index contributed by atoms with van der Waals surface area (Å²) < 4.78 is 39.4. The number of furan rings is 1. The number of aryl methyl sites for hydroxylation is 1. The maximum Gasteiger partial charge on any atom is 0.256 e. The van der Waals surface area contributed by atoms with Crippen LogP contribution in [-0.4, -0.2) is 75.1 Å². The van der Waals surface area contributed by atoms with Crippen LogP contribution >= 0.6 is 23.5 Å². The largest absolute Gasteiger partial charge is 0.504 e. The quantitative estimate of drug-likeness (QED) is 0.258. The molecule has 13 heteroatoms. The van der Waals surface area contributed by atoms with Gasteiger partial charge in [-0.2, -0.15) is 4.31 Å². The number of piperazine rings is 1. The van der Waals surface area contributed by atoms with E-state index in [-0.39, 0.29) is 16.5 Å². The van der Waals surface area contributed by atoms with E-state index in [1.165, 1.54) is 4.31 Å². The van der Waals surface area contributed by atoms with Gasteiger partial charge in [0.25, 0.3) is 10.0 Å². The standard InChI is InChI=1S/C19H28N6O4S3/c1-4-14-9-15(29-12-14)10-22-17(23-31-20-2)11-21-16-13-30-19(18(16)26)32(27,28)25-7-5-24(3)6-8-25/h9,12-13,21,26H,2,4-8,10-11H2,1,3H3,(H,22,23). The van der Waals surface area contributed by atoms with Crippen molar-refractivity contribution in [1.82, 2.24) is 13.9 Å². The highest BCUT2D eigenvalue weighted by Crippen LogP contribution is 2.39. The third-order valence-corrected chi connectivity index (χ3v) is 8.83. The number of hydrogen-bond acceptors (Lipinski definition) is 10. The summed E-state index contributed by atoms with van der Waals surface area (Å²) in [5.74, 6) is 1.00. The molecule has 0 amide bonds. The lowest BCUT2D eigenvalue weighted by molar-refractivity contribution is 0.222. The number of hydrogen-bond donors (Lipinski definition) is 3. The van der Waals surface area contributed by atoms with Crippen molar-refractivity contribution in [3.05, 3.63) is 29.0 Å². The minimum Gasteiger partial charge on any atom is -0.504 e. The number of rotatable bonds is 10. The number of nitrogens with one attached hydrogen (secondary N) is 2. The fourth-order valence-electron chi connectivity index (χ4n) is 3.04. The van der Waals surface area contributed by atoms with Crippen molar-refractivity contribution in [3.63, 3.8) is 0 Å². The number of amidine groups is 1. The maximum absolute atomic E-state index is 13.0. The number of aromatic hydroxyl groups is 1. The molecule has 0 aromatic carbocycles. The lowest BCUT2D eigenvalue weighted by atomic mass is 10.2. The van der Waals surface area contributed by atoms with Crippen LogP contribution in [0.5, 0.6) is 5.75 Å². The van der Waals surface area contributed by atoms with Crippen LogP contribution in [0, 0.1) is 0 Å². The van der Waals surface area contributed by atoms with Crippen LogP contribution in [0.2, 0.25) is 0 Å². The summed E-state index contributed by atoms with van der Waals surface area (Å²) in [5, 5.41) is 15.2. The van der Waals surface area contributed by atoms with Crippen LogP contribution < -0.4 is 10.0 Å². The normalized spacial score (nSPS) is 16.2. The second kappa shape index (κ2) is 11.2. The van der Waals surface area contributed by atoms with E-state index in [4.69, 9.17) is 4.42 Å². The summed E-state index contributed by atoms with van der Waals surface area (Å²) in [4.78, 5) is 6.56. The third-order valence-electron chi connectivity index (χ3n) is 4.99. The zero-order chi connectivity index (χ0) is 23.1. The average molecular weight is 501 g/mol. The molecule has 0 radical (unpaired) electrons. The van der Waals surface area contributed by atoms with Crippen LogP contribution in [0.3, 0.4) is 0 Å². The van der Waals surface area contributed by atoms with Gasteiger partial charge in [-0.05, 0) is 25.1 Å². The summed E-state index contributed by atoms with van der Waals surface area (Å²) in [6.45, 7) is 8.15. The summed E-state index contributed by atoms with van der Waals surface area (Å²) in [6.07, 6.45) is 2.59. The molecule has 2 aromatic rings. The number of sulfonamides is 1. The van der Waals surface area contributed by atoms with Gasteiger partial charge in [-0.3, -0.25) is 9.71 Å². The van der Waals surface area contributed by atoms with Crippen molar-refractivity contribution in [2.75, 3.05) is 45.1 Å².